The lowest BCUT2D eigenvalue weighted by Crippen LogP contribution is -2.37. The molecule has 0 aromatic heterocycles. The second-order valence-electron chi connectivity index (χ2n) is 6.90. The van der Waals surface area contributed by atoms with Crippen LogP contribution in [0.4, 0.5) is 0 Å². The first-order chi connectivity index (χ1) is 12.0. The Hall–Kier alpha value is -1.84. The molecule has 0 saturated heterocycles. The van der Waals surface area contributed by atoms with E-state index in [-0.39, 0.29) is 0 Å². The number of unbranched alkanes of at least 4 members (excludes halogenated alkanes) is 4. The van der Waals surface area contributed by atoms with Gasteiger partial charge in [-0.15, -0.1) is 0 Å². The van der Waals surface area contributed by atoms with Crippen molar-refractivity contribution in [3.8, 4) is 0 Å². The van der Waals surface area contributed by atoms with Crippen LogP contribution in [0.2, 0.25) is 0 Å². The molecule has 4 nitrogen and oxygen atoms in total. The van der Waals surface area contributed by atoms with Gasteiger partial charge < -0.3 is 9.47 Å². The molecule has 4 heteroatoms. The Balaban J connectivity index is 2.23. The quantitative estimate of drug-likeness (QED) is 0.312. The number of benzene rings is 1. The van der Waals surface area contributed by atoms with E-state index in [4.69, 9.17) is 9.47 Å². The fraction of sp³-hybridized carbons (Fsp3) is 0.619. The summed E-state index contributed by atoms with van der Waals surface area (Å²) in [5, 5.41) is 0. The molecular weight excluding hydrogens is 316 g/mol. The van der Waals surface area contributed by atoms with Gasteiger partial charge >= 0.3 is 11.9 Å². The predicted octanol–water partition coefficient (Wildman–Crippen LogP) is 4.70. The Morgan fingerprint density at radius 3 is 2.00 bits per heavy atom. The third-order valence-corrected chi connectivity index (χ3v) is 4.19. The smallest absolute Gasteiger partial charge is 0.322 e. The summed E-state index contributed by atoms with van der Waals surface area (Å²) >= 11 is 0. The third kappa shape index (κ3) is 8.19. The lowest BCUT2D eigenvalue weighted by atomic mass is 9.94. The summed E-state index contributed by atoms with van der Waals surface area (Å²) < 4.78 is 10.5. The highest BCUT2D eigenvalue weighted by atomic mass is 16.6. The van der Waals surface area contributed by atoms with Gasteiger partial charge in [-0.3, -0.25) is 9.59 Å². The van der Waals surface area contributed by atoms with E-state index in [0.717, 1.165) is 32.1 Å². The lowest BCUT2D eigenvalue weighted by molar-refractivity contribution is -0.169. The first kappa shape index (κ1) is 21.2. The summed E-state index contributed by atoms with van der Waals surface area (Å²) in [6, 6.07) is 10.0. The zero-order chi connectivity index (χ0) is 18.5. The van der Waals surface area contributed by atoms with Crippen LogP contribution >= 0.6 is 0 Å². The van der Waals surface area contributed by atoms with Crippen LogP contribution in [-0.2, 0) is 25.5 Å². The van der Waals surface area contributed by atoms with Gasteiger partial charge in [0.25, 0.3) is 0 Å². The van der Waals surface area contributed by atoms with Crippen molar-refractivity contribution < 1.29 is 19.1 Å². The molecule has 1 aromatic carbocycles. The maximum absolute atomic E-state index is 12.2. The van der Waals surface area contributed by atoms with E-state index in [0.29, 0.717) is 13.2 Å². The Labute approximate surface area is 151 Å². The first-order valence-corrected chi connectivity index (χ1v) is 9.37. The molecule has 0 heterocycles. The predicted molar refractivity (Wildman–Crippen MR) is 99.2 cm³/mol. The van der Waals surface area contributed by atoms with E-state index in [1.54, 1.807) is 13.8 Å². The van der Waals surface area contributed by atoms with Crippen LogP contribution in [0.5, 0.6) is 0 Å². The van der Waals surface area contributed by atoms with E-state index in [9.17, 15) is 9.59 Å². The average molecular weight is 348 g/mol. The Kier molecular flexibility index (Phi) is 9.90. The molecule has 0 spiro atoms. The minimum Gasteiger partial charge on any atom is -0.465 e. The highest BCUT2D eigenvalue weighted by Gasteiger charge is 2.39. The Morgan fingerprint density at radius 1 is 0.840 bits per heavy atom. The van der Waals surface area contributed by atoms with Crippen LogP contribution in [0.15, 0.2) is 30.3 Å². The first-order valence-electron chi connectivity index (χ1n) is 9.37. The highest BCUT2D eigenvalue weighted by molar-refractivity contribution is 5.99. The second-order valence-corrected chi connectivity index (χ2v) is 6.90. The molecule has 0 atom stereocenters. The molecule has 0 N–H and O–H groups in total. The number of ether oxygens (including phenoxy) is 2. The number of carbonyl (C=O) groups excluding carboxylic acids is 2. The van der Waals surface area contributed by atoms with Gasteiger partial charge in [0.05, 0.1) is 13.2 Å². The van der Waals surface area contributed by atoms with Crippen molar-refractivity contribution >= 4 is 11.9 Å². The van der Waals surface area contributed by atoms with Gasteiger partial charge in [-0.25, -0.2) is 0 Å². The molecule has 25 heavy (non-hydrogen) atoms. The van der Waals surface area contributed by atoms with Gasteiger partial charge in [0, 0.05) is 0 Å². The summed E-state index contributed by atoms with van der Waals surface area (Å²) in [6.45, 7) is 5.96. The van der Waals surface area contributed by atoms with Gasteiger partial charge in [0.2, 0.25) is 0 Å². The van der Waals surface area contributed by atoms with E-state index in [1.165, 1.54) is 18.4 Å². The normalized spacial score (nSPS) is 11.2. The fourth-order valence-electron chi connectivity index (χ4n) is 2.40. The summed E-state index contributed by atoms with van der Waals surface area (Å²) in [6.07, 6.45) is 7.01. The van der Waals surface area contributed by atoms with Crippen molar-refractivity contribution in [1.82, 2.24) is 0 Å². The molecule has 0 saturated carbocycles. The molecule has 1 rings (SSSR count). The van der Waals surface area contributed by atoms with Crippen molar-refractivity contribution in [2.45, 2.75) is 65.7 Å². The van der Waals surface area contributed by atoms with Crippen LogP contribution in [-0.4, -0.2) is 25.2 Å². The summed E-state index contributed by atoms with van der Waals surface area (Å²) in [5.74, 6) is -1.02. The summed E-state index contributed by atoms with van der Waals surface area (Å²) in [7, 11) is 0. The molecule has 0 aliphatic carbocycles. The van der Waals surface area contributed by atoms with Crippen LogP contribution in [0.1, 0.15) is 64.9 Å². The molecule has 0 radical (unpaired) electrons. The van der Waals surface area contributed by atoms with Gasteiger partial charge in [-0.05, 0) is 38.7 Å². The van der Waals surface area contributed by atoms with Crippen LogP contribution in [0.25, 0.3) is 0 Å². The van der Waals surface area contributed by atoms with Crippen molar-refractivity contribution in [3.63, 3.8) is 0 Å². The zero-order valence-electron chi connectivity index (χ0n) is 15.9. The minimum absolute atomic E-state index is 0.307. The average Bonchev–Trinajstić information content (AvgIpc) is 2.62. The molecule has 1 aromatic rings. The number of hydrogen-bond donors (Lipinski definition) is 0. The van der Waals surface area contributed by atoms with E-state index in [2.05, 4.69) is 6.92 Å². The van der Waals surface area contributed by atoms with Gasteiger partial charge in [0.15, 0.2) is 5.41 Å². The SMILES string of the molecule is CCCCCCCOC(=O)C(C)(C)C(=O)OCCCc1ccccc1. The summed E-state index contributed by atoms with van der Waals surface area (Å²) in [4.78, 5) is 24.3. The molecular formula is C21H32O4. The highest BCUT2D eigenvalue weighted by Crippen LogP contribution is 2.20. The largest absolute Gasteiger partial charge is 0.465 e. The molecule has 0 aliphatic heterocycles. The van der Waals surface area contributed by atoms with Crippen LogP contribution < -0.4 is 0 Å². The van der Waals surface area contributed by atoms with Crippen LogP contribution in [0, 0.1) is 5.41 Å². The molecule has 140 valence electrons. The number of esters is 2. The molecule has 0 fully saturated rings. The number of carbonyl (C=O) groups is 2. The third-order valence-electron chi connectivity index (χ3n) is 4.19. The van der Waals surface area contributed by atoms with Gasteiger partial charge in [-0.2, -0.15) is 0 Å². The number of aryl methyl sites for hydroxylation is 1. The zero-order valence-corrected chi connectivity index (χ0v) is 15.9. The van der Waals surface area contributed by atoms with Crippen molar-refractivity contribution in [3.05, 3.63) is 35.9 Å². The maximum atomic E-state index is 12.2. The Morgan fingerprint density at radius 2 is 1.40 bits per heavy atom. The second kappa shape index (κ2) is 11.7. The molecule has 0 bridgehead atoms. The van der Waals surface area contributed by atoms with E-state index in [1.807, 2.05) is 30.3 Å². The minimum atomic E-state index is -1.25. The Bertz CT molecular complexity index is 508. The standard InChI is InChI=1S/C21H32O4/c1-4-5-6-7-11-16-24-19(22)21(2,3)20(23)25-17-12-15-18-13-9-8-10-14-18/h8-10,13-14H,4-7,11-12,15-17H2,1-3H3. The fourth-order valence-corrected chi connectivity index (χ4v) is 2.40. The van der Waals surface area contributed by atoms with E-state index < -0.39 is 17.4 Å². The van der Waals surface area contributed by atoms with E-state index >= 15 is 0 Å². The van der Waals surface area contributed by atoms with Gasteiger partial charge in [0.1, 0.15) is 0 Å². The van der Waals surface area contributed by atoms with Crippen molar-refractivity contribution in [2.75, 3.05) is 13.2 Å². The van der Waals surface area contributed by atoms with Crippen molar-refractivity contribution in [1.29, 1.82) is 0 Å². The van der Waals surface area contributed by atoms with Crippen LogP contribution in [0.3, 0.4) is 0 Å². The summed E-state index contributed by atoms with van der Waals surface area (Å²) in [5.41, 5.74) is -0.0452. The molecule has 0 amide bonds. The maximum Gasteiger partial charge on any atom is 0.322 e. The lowest BCUT2D eigenvalue weighted by Gasteiger charge is -2.20. The van der Waals surface area contributed by atoms with Gasteiger partial charge in [-0.1, -0.05) is 62.9 Å². The molecule has 0 aliphatic rings. The monoisotopic (exact) mass is 348 g/mol. The topological polar surface area (TPSA) is 52.6 Å². The van der Waals surface area contributed by atoms with Crippen molar-refractivity contribution in [2.24, 2.45) is 5.41 Å². The number of hydrogen-bond acceptors (Lipinski definition) is 4. The number of rotatable bonds is 12. The molecule has 0 unspecified atom stereocenters.